The number of nitrogens with zero attached hydrogens (tertiary/aromatic N) is 1. The van der Waals surface area contributed by atoms with Crippen LogP contribution in [-0.2, 0) is 0 Å². The zero-order valence-electron chi connectivity index (χ0n) is 14.2. The summed E-state index contributed by atoms with van der Waals surface area (Å²) in [5, 5.41) is 3.92. The van der Waals surface area contributed by atoms with Gasteiger partial charge in [0.15, 0.2) is 0 Å². The molecule has 0 aromatic heterocycles. The first-order valence-electron chi connectivity index (χ1n) is 8.59. The molecule has 1 unspecified atom stereocenters. The molecule has 1 aromatic rings. The number of rotatable bonds is 6. The van der Waals surface area contributed by atoms with Crippen LogP contribution in [0.1, 0.15) is 52.1 Å². The minimum atomic E-state index is 0.479. The molecule has 118 valence electrons. The fraction of sp³-hybridized carbons (Fsp3) is 0.684. The van der Waals surface area contributed by atoms with Gasteiger partial charge in [0.05, 0.1) is 0 Å². The van der Waals surface area contributed by atoms with Crippen LogP contribution in [-0.4, -0.2) is 30.6 Å². The Kier molecular flexibility index (Phi) is 6.25. The summed E-state index contributed by atoms with van der Waals surface area (Å²) < 4.78 is 0. The molecule has 1 saturated heterocycles. The van der Waals surface area contributed by atoms with Crippen LogP contribution in [0, 0.1) is 11.8 Å². The van der Waals surface area contributed by atoms with Gasteiger partial charge in [-0.1, -0.05) is 58.0 Å². The van der Waals surface area contributed by atoms with Gasteiger partial charge in [-0.25, -0.2) is 0 Å². The molecule has 2 heteroatoms. The molecule has 1 atom stereocenters. The van der Waals surface area contributed by atoms with Gasteiger partial charge in [-0.05, 0) is 43.3 Å². The van der Waals surface area contributed by atoms with Crippen molar-refractivity contribution in [2.24, 2.45) is 11.8 Å². The molecule has 1 aliphatic heterocycles. The molecule has 2 rings (SSSR count). The van der Waals surface area contributed by atoms with Crippen LogP contribution in [0.2, 0.25) is 0 Å². The zero-order valence-corrected chi connectivity index (χ0v) is 14.2. The van der Waals surface area contributed by atoms with Gasteiger partial charge in [-0.2, -0.15) is 0 Å². The molecule has 2 nitrogen and oxygen atoms in total. The van der Waals surface area contributed by atoms with E-state index in [1.807, 2.05) is 0 Å². The number of likely N-dealkylation sites (tertiary alicyclic amines) is 1. The SMILES string of the molecule is CC(C)CN1CCC(NC(c2ccccc2)C(C)C)CC1. The first-order chi connectivity index (χ1) is 10.1. The Hall–Kier alpha value is -0.860. The van der Waals surface area contributed by atoms with Gasteiger partial charge in [0.25, 0.3) is 0 Å². The summed E-state index contributed by atoms with van der Waals surface area (Å²) in [5.41, 5.74) is 1.43. The third-order valence-corrected chi connectivity index (χ3v) is 4.45. The fourth-order valence-corrected chi connectivity index (χ4v) is 3.39. The van der Waals surface area contributed by atoms with Crippen molar-refractivity contribution in [3.05, 3.63) is 35.9 Å². The van der Waals surface area contributed by atoms with Crippen LogP contribution in [0.3, 0.4) is 0 Å². The van der Waals surface area contributed by atoms with E-state index < -0.39 is 0 Å². The Balaban J connectivity index is 1.88. The van der Waals surface area contributed by atoms with E-state index in [0.29, 0.717) is 18.0 Å². The van der Waals surface area contributed by atoms with Crippen molar-refractivity contribution in [3.8, 4) is 0 Å². The highest BCUT2D eigenvalue weighted by Gasteiger charge is 2.24. The lowest BCUT2D eigenvalue weighted by Gasteiger charge is -2.36. The molecule has 0 amide bonds. The average Bonchev–Trinajstić information content (AvgIpc) is 2.46. The van der Waals surface area contributed by atoms with E-state index in [4.69, 9.17) is 0 Å². The average molecular weight is 288 g/mol. The minimum Gasteiger partial charge on any atom is -0.307 e. The number of nitrogens with one attached hydrogen (secondary N) is 1. The van der Waals surface area contributed by atoms with E-state index in [0.717, 1.165) is 5.92 Å². The highest BCUT2D eigenvalue weighted by molar-refractivity contribution is 5.19. The molecule has 0 aliphatic carbocycles. The normalized spacial score (nSPS) is 19.3. The largest absolute Gasteiger partial charge is 0.307 e. The third kappa shape index (κ3) is 5.12. The van der Waals surface area contributed by atoms with Crippen LogP contribution in [0.5, 0.6) is 0 Å². The lowest BCUT2D eigenvalue weighted by atomic mass is 9.93. The lowest BCUT2D eigenvalue weighted by molar-refractivity contribution is 0.169. The highest BCUT2D eigenvalue weighted by atomic mass is 15.1. The monoisotopic (exact) mass is 288 g/mol. The van der Waals surface area contributed by atoms with Crippen molar-refractivity contribution in [2.45, 2.75) is 52.6 Å². The molecular weight excluding hydrogens is 256 g/mol. The topological polar surface area (TPSA) is 15.3 Å². The second-order valence-corrected chi connectivity index (χ2v) is 7.27. The summed E-state index contributed by atoms with van der Waals surface area (Å²) in [6.07, 6.45) is 2.56. The second kappa shape index (κ2) is 7.95. The van der Waals surface area contributed by atoms with Crippen molar-refractivity contribution in [1.29, 1.82) is 0 Å². The smallest absolute Gasteiger partial charge is 0.0345 e. The highest BCUT2D eigenvalue weighted by Crippen LogP contribution is 2.24. The van der Waals surface area contributed by atoms with Crippen LogP contribution in [0.15, 0.2) is 30.3 Å². The quantitative estimate of drug-likeness (QED) is 0.848. The first-order valence-corrected chi connectivity index (χ1v) is 8.59. The summed E-state index contributed by atoms with van der Waals surface area (Å²) in [6.45, 7) is 13.0. The predicted octanol–water partition coefficient (Wildman–Crippen LogP) is 4.09. The summed E-state index contributed by atoms with van der Waals surface area (Å²) in [6, 6.07) is 12.1. The van der Waals surface area contributed by atoms with Crippen molar-refractivity contribution in [3.63, 3.8) is 0 Å². The van der Waals surface area contributed by atoms with Crippen LogP contribution in [0.25, 0.3) is 0 Å². The Morgan fingerprint density at radius 2 is 1.67 bits per heavy atom. The predicted molar refractivity (Wildman–Crippen MR) is 91.5 cm³/mol. The van der Waals surface area contributed by atoms with E-state index >= 15 is 0 Å². The summed E-state index contributed by atoms with van der Waals surface area (Å²) in [7, 11) is 0. The maximum absolute atomic E-state index is 3.92. The molecule has 0 bridgehead atoms. The molecule has 0 saturated carbocycles. The zero-order chi connectivity index (χ0) is 15.2. The molecule has 0 spiro atoms. The van der Waals surface area contributed by atoms with Gasteiger partial charge in [0.1, 0.15) is 0 Å². The molecule has 1 heterocycles. The maximum Gasteiger partial charge on any atom is 0.0345 e. The van der Waals surface area contributed by atoms with Crippen molar-refractivity contribution >= 4 is 0 Å². The van der Waals surface area contributed by atoms with E-state index in [1.165, 1.54) is 38.0 Å². The van der Waals surface area contributed by atoms with Gasteiger partial charge in [-0.15, -0.1) is 0 Å². The van der Waals surface area contributed by atoms with Gasteiger partial charge in [-0.3, -0.25) is 0 Å². The van der Waals surface area contributed by atoms with Gasteiger partial charge < -0.3 is 10.2 Å². The second-order valence-electron chi connectivity index (χ2n) is 7.27. The third-order valence-electron chi connectivity index (χ3n) is 4.45. The number of benzene rings is 1. The van der Waals surface area contributed by atoms with Gasteiger partial charge >= 0.3 is 0 Å². The number of hydrogen-bond acceptors (Lipinski definition) is 2. The van der Waals surface area contributed by atoms with Crippen LogP contribution < -0.4 is 5.32 Å². The molecule has 1 fully saturated rings. The molecular formula is C19H32N2. The van der Waals surface area contributed by atoms with E-state index in [2.05, 4.69) is 68.2 Å². The Morgan fingerprint density at radius 1 is 1.05 bits per heavy atom. The Labute approximate surface area is 130 Å². The van der Waals surface area contributed by atoms with Crippen molar-refractivity contribution in [1.82, 2.24) is 10.2 Å². The Bertz CT molecular complexity index is 391. The van der Waals surface area contributed by atoms with E-state index in [1.54, 1.807) is 0 Å². The Morgan fingerprint density at radius 3 is 2.19 bits per heavy atom. The fourth-order valence-electron chi connectivity index (χ4n) is 3.39. The summed E-state index contributed by atoms with van der Waals surface area (Å²) in [4.78, 5) is 2.62. The molecule has 21 heavy (non-hydrogen) atoms. The summed E-state index contributed by atoms with van der Waals surface area (Å²) in [5.74, 6) is 1.41. The number of piperidine rings is 1. The van der Waals surface area contributed by atoms with E-state index in [-0.39, 0.29) is 0 Å². The van der Waals surface area contributed by atoms with Crippen molar-refractivity contribution < 1.29 is 0 Å². The van der Waals surface area contributed by atoms with Crippen LogP contribution >= 0.6 is 0 Å². The van der Waals surface area contributed by atoms with Crippen molar-refractivity contribution in [2.75, 3.05) is 19.6 Å². The standard InChI is InChI=1S/C19H32N2/c1-15(2)14-21-12-10-18(11-13-21)20-19(16(3)4)17-8-6-5-7-9-17/h5-9,15-16,18-20H,10-14H2,1-4H3. The van der Waals surface area contributed by atoms with E-state index in [9.17, 15) is 0 Å². The first kappa shape index (κ1) is 16.5. The van der Waals surface area contributed by atoms with Gasteiger partial charge in [0.2, 0.25) is 0 Å². The van der Waals surface area contributed by atoms with Gasteiger partial charge in [0, 0.05) is 18.6 Å². The molecule has 0 radical (unpaired) electrons. The minimum absolute atomic E-state index is 0.479. The molecule has 1 aromatic carbocycles. The molecule has 1 aliphatic rings. The lowest BCUT2D eigenvalue weighted by Crippen LogP contribution is -2.45. The van der Waals surface area contributed by atoms with Crippen LogP contribution in [0.4, 0.5) is 0 Å². The summed E-state index contributed by atoms with van der Waals surface area (Å²) >= 11 is 0. The maximum atomic E-state index is 3.92. The number of hydrogen-bond donors (Lipinski definition) is 1. The molecule has 1 N–H and O–H groups in total.